The Hall–Kier alpha value is -0.650. The average Bonchev–Trinajstić information content (AvgIpc) is 2.51. The number of likely N-dealkylation sites (N-methyl/N-ethyl adjacent to an activating group) is 1. The molecule has 82 valence electrons. The van der Waals surface area contributed by atoms with Crippen molar-refractivity contribution >= 4 is 5.91 Å². The molecule has 0 saturated carbocycles. The molecule has 0 bridgehead atoms. The third-order valence-corrected chi connectivity index (χ3v) is 2.28. The second kappa shape index (κ2) is 5.29. The second-order valence-corrected chi connectivity index (χ2v) is 3.94. The maximum Gasteiger partial charge on any atom is 0.237 e. The molecule has 5 heteroatoms. The molecule has 0 aromatic carbocycles. The van der Waals surface area contributed by atoms with Gasteiger partial charge in [0, 0.05) is 19.6 Å². The van der Waals surface area contributed by atoms with E-state index < -0.39 is 0 Å². The number of β-amino-alcohol motifs (C(OH)–C–C–N with tert-alkyl or cyclic N) is 1. The van der Waals surface area contributed by atoms with Gasteiger partial charge < -0.3 is 20.6 Å². The van der Waals surface area contributed by atoms with Crippen molar-refractivity contribution < 1.29 is 9.90 Å². The minimum absolute atomic E-state index is 0.0107. The Morgan fingerprint density at radius 3 is 2.86 bits per heavy atom. The number of nitrogens with zero attached hydrogens (tertiary/aromatic N) is 1. The van der Waals surface area contributed by atoms with E-state index in [4.69, 9.17) is 0 Å². The van der Waals surface area contributed by atoms with Crippen molar-refractivity contribution in [2.75, 3.05) is 33.7 Å². The van der Waals surface area contributed by atoms with E-state index in [0.717, 1.165) is 6.54 Å². The summed E-state index contributed by atoms with van der Waals surface area (Å²) in [7, 11) is 3.92. The summed E-state index contributed by atoms with van der Waals surface area (Å²) < 4.78 is 0. The maximum absolute atomic E-state index is 11.5. The summed E-state index contributed by atoms with van der Waals surface area (Å²) in [5.74, 6) is -0.0107. The van der Waals surface area contributed by atoms with Crippen LogP contribution < -0.4 is 10.6 Å². The molecule has 1 amide bonds. The van der Waals surface area contributed by atoms with Crippen LogP contribution in [0.1, 0.15) is 6.42 Å². The Balaban J connectivity index is 2.15. The van der Waals surface area contributed by atoms with Crippen molar-refractivity contribution in [3.63, 3.8) is 0 Å². The number of hydrogen-bond donors (Lipinski definition) is 3. The van der Waals surface area contributed by atoms with Crippen LogP contribution >= 0.6 is 0 Å². The van der Waals surface area contributed by atoms with Crippen molar-refractivity contribution in [3.8, 4) is 0 Å². The summed E-state index contributed by atoms with van der Waals surface area (Å²) in [5.41, 5.74) is 0. The molecule has 5 nitrogen and oxygen atoms in total. The Bertz CT molecular complexity index is 196. The van der Waals surface area contributed by atoms with E-state index in [1.807, 2.05) is 19.0 Å². The Labute approximate surface area is 84.5 Å². The van der Waals surface area contributed by atoms with Gasteiger partial charge in [-0.05, 0) is 20.5 Å². The van der Waals surface area contributed by atoms with E-state index in [2.05, 4.69) is 10.6 Å². The fraction of sp³-hybridized carbons (Fsp3) is 0.889. The summed E-state index contributed by atoms with van der Waals surface area (Å²) >= 11 is 0. The van der Waals surface area contributed by atoms with Crippen molar-refractivity contribution in [3.05, 3.63) is 0 Å². The van der Waals surface area contributed by atoms with E-state index in [1.54, 1.807) is 0 Å². The second-order valence-electron chi connectivity index (χ2n) is 3.94. The number of amides is 1. The van der Waals surface area contributed by atoms with Gasteiger partial charge in [0.25, 0.3) is 0 Å². The monoisotopic (exact) mass is 201 g/mol. The molecule has 0 radical (unpaired) electrons. The lowest BCUT2D eigenvalue weighted by atomic mass is 10.2. The van der Waals surface area contributed by atoms with Crippen molar-refractivity contribution in [2.24, 2.45) is 0 Å². The number of aliphatic hydroxyl groups excluding tert-OH is 1. The van der Waals surface area contributed by atoms with Crippen molar-refractivity contribution in [1.82, 2.24) is 15.5 Å². The molecule has 1 unspecified atom stereocenters. The molecule has 1 rings (SSSR count). The average molecular weight is 201 g/mol. The Morgan fingerprint density at radius 2 is 2.36 bits per heavy atom. The Morgan fingerprint density at radius 1 is 1.64 bits per heavy atom. The fourth-order valence-electron chi connectivity index (χ4n) is 1.44. The van der Waals surface area contributed by atoms with Crippen LogP contribution in [0.15, 0.2) is 0 Å². The summed E-state index contributed by atoms with van der Waals surface area (Å²) in [6, 6.07) is -0.216. The zero-order chi connectivity index (χ0) is 10.6. The van der Waals surface area contributed by atoms with Crippen LogP contribution in [0.4, 0.5) is 0 Å². The summed E-state index contributed by atoms with van der Waals surface area (Å²) in [4.78, 5) is 13.5. The lowest BCUT2D eigenvalue weighted by molar-refractivity contribution is -0.122. The molecule has 1 fully saturated rings. The van der Waals surface area contributed by atoms with Crippen LogP contribution in [0.2, 0.25) is 0 Å². The lowest BCUT2D eigenvalue weighted by Crippen LogP contribution is -2.42. The molecule has 0 aromatic heterocycles. The smallest absolute Gasteiger partial charge is 0.237 e. The highest BCUT2D eigenvalue weighted by molar-refractivity contribution is 5.82. The minimum Gasteiger partial charge on any atom is -0.392 e. The third-order valence-electron chi connectivity index (χ3n) is 2.28. The van der Waals surface area contributed by atoms with Crippen LogP contribution in [0, 0.1) is 0 Å². The van der Waals surface area contributed by atoms with Gasteiger partial charge in [0.05, 0.1) is 12.1 Å². The maximum atomic E-state index is 11.5. The van der Waals surface area contributed by atoms with E-state index in [9.17, 15) is 9.90 Å². The van der Waals surface area contributed by atoms with E-state index >= 15 is 0 Å². The predicted octanol–water partition coefficient (Wildman–Crippen LogP) is -1.61. The fourth-order valence-corrected chi connectivity index (χ4v) is 1.44. The van der Waals surface area contributed by atoms with Gasteiger partial charge in [-0.3, -0.25) is 4.79 Å². The van der Waals surface area contributed by atoms with Crippen LogP contribution in [0.25, 0.3) is 0 Å². The number of aliphatic hydroxyl groups is 1. The number of carbonyl (C=O) groups excluding carboxylic acids is 1. The largest absolute Gasteiger partial charge is 0.392 e. The van der Waals surface area contributed by atoms with E-state index in [-0.39, 0.29) is 18.1 Å². The summed E-state index contributed by atoms with van der Waals surface area (Å²) in [5, 5.41) is 15.0. The molecule has 0 aromatic rings. The van der Waals surface area contributed by atoms with Crippen LogP contribution in [0.3, 0.4) is 0 Å². The molecule has 1 aliphatic rings. The molecule has 3 N–H and O–H groups in total. The van der Waals surface area contributed by atoms with Gasteiger partial charge in [0.15, 0.2) is 0 Å². The first-order valence-corrected chi connectivity index (χ1v) is 4.93. The summed E-state index contributed by atoms with van der Waals surface area (Å²) in [6.45, 7) is 2.01. The van der Waals surface area contributed by atoms with Gasteiger partial charge in [-0.15, -0.1) is 0 Å². The van der Waals surface area contributed by atoms with Crippen LogP contribution in [0.5, 0.6) is 0 Å². The molecule has 14 heavy (non-hydrogen) atoms. The number of nitrogens with one attached hydrogen (secondary N) is 2. The molecule has 2 atom stereocenters. The zero-order valence-corrected chi connectivity index (χ0v) is 8.79. The predicted molar refractivity (Wildman–Crippen MR) is 54.0 cm³/mol. The molecule has 0 spiro atoms. The normalized spacial score (nSPS) is 26.9. The molecular formula is C9H19N3O2. The van der Waals surface area contributed by atoms with Gasteiger partial charge in [0.2, 0.25) is 5.91 Å². The third kappa shape index (κ3) is 3.61. The quantitative estimate of drug-likeness (QED) is 0.512. The number of carbonyl (C=O) groups is 1. The van der Waals surface area contributed by atoms with Gasteiger partial charge >= 0.3 is 0 Å². The topological polar surface area (TPSA) is 64.6 Å². The first kappa shape index (κ1) is 11.4. The SMILES string of the molecule is CN(C)CCNC(=O)[C@@H]1CC(O)CN1. The Kier molecular flexibility index (Phi) is 4.31. The van der Waals surface area contributed by atoms with Crippen molar-refractivity contribution in [1.29, 1.82) is 0 Å². The van der Waals surface area contributed by atoms with E-state index in [1.165, 1.54) is 0 Å². The van der Waals surface area contributed by atoms with Gasteiger partial charge in [-0.2, -0.15) is 0 Å². The molecule has 1 heterocycles. The number of rotatable bonds is 4. The molecular weight excluding hydrogens is 182 g/mol. The van der Waals surface area contributed by atoms with Crippen LogP contribution in [-0.2, 0) is 4.79 Å². The molecule has 1 aliphatic heterocycles. The van der Waals surface area contributed by atoms with E-state index in [0.29, 0.717) is 19.5 Å². The van der Waals surface area contributed by atoms with Crippen molar-refractivity contribution in [2.45, 2.75) is 18.6 Å². The summed E-state index contributed by atoms with van der Waals surface area (Å²) in [6.07, 6.45) is 0.146. The van der Waals surface area contributed by atoms with Crippen LogP contribution in [-0.4, -0.2) is 61.8 Å². The van der Waals surface area contributed by atoms with Gasteiger partial charge in [0.1, 0.15) is 0 Å². The molecule has 1 saturated heterocycles. The molecule has 0 aliphatic carbocycles. The van der Waals surface area contributed by atoms with Gasteiger partial charge in [-0.1, -0.05) is 0 Å². The lowest BCUT2D eigenvalue weighted by Gasteiger charge is -2.13. The first-order valence-electron chi connectivity index (χ1n) is 4.93. The number of hydrogen-bond acceptors (Lipinski definition) is 4. The highest BCUT2D eigenvalue weighted by Crippen LogP contribution is 2.05. The highest BCUT2D eigenvalue weighted by atomic mass is 16.3. The zero-order valence-electron chi connectivity index (χ0n) is 8.79. The first-order chi connectivity index (χ1) is 6.59. The minimum atomic E-state index is -0.375. The standard InChI is InChI=1S/C9H19N3O2/c1-12(2)4-3-10-9(14)8-5-7(13)6-11-8/h7-8,11,13H,3-6H2,1-2H3,(H,10,14)/t7?,8-/m0/s1. The van der Waals surface area contributed by atoms with Gasteiger partial charge in [-0.25, -0.2) is 0 Å². The highest BCUT2D eigenvalue weighted by Gasteiger charge is 2.27.